The second-order valence-electron chi connectivity index (χ2n) is 8.41. The summed E-state index contributed by atoms with van der Waals surface area (Å²) in [5, 5.41) is 15.3. The van der Waals surface area contributed by atoms with E-state index in [-0.39, 0.29) is 6.04 Å². The maximum absolute atomic E-state index is 5.30. The number of benzene rings is 1. The first-order valence-corrected chi connectivity index (χ1v) is 12.2. The van der Waals surface area contributed by atoms with Crippen LogP contribution in [0.1, 0.15) is 54.9 Å². The lowest BCUT2D eigenvalue weighted by Crippen LogP contribution is -2.48. The topological polar surface area (TPSA) is 59.3 Å². The fourth-order valence-corrected chi connectivity index (χ4v) is 5.77. The Hall–Kier alpha value is -2.45. The molecule has 1 aliphatic heterocycles. The molecule has 5 rings (SSSR count). The smallest absolute Gasteiger partial charge is 0.174 e. The van der Waals surface area contributed by atoms with Crippen molar-refractivity contribution < 1.29 is 4.74 Å². The molecule has 7 nitrogen and oxygen atoms in total. The number of hydrogen-bond donors (Lipinski definition) is 0. The van der Waals surface area contributed by atoms with Crippen LogP contribution in [-0.2, 0) is 0 Å². The van der Waals surface area contributed by atoms with Gasteiger partial charge in [0.25, 0.3) is 0 Å². The summed E-state index contributed by atoms with van der Waals surface area (Å²) in [6.45, 7) is 3.93. The monoisotopic (exact) mass is 438 g/mol. The Kier molecular flexibility index (Phi) is 6.18. The van der Waals surface area contributed by atoms with Gasteiger partial charge in [0.2, 0.25) is 0 Å². The van der Waals surface area contributed by atoms with Gasteiger partial charge in [-0.3, -0.25) is 4.90 Å². The molecule has 1 saturated heterocycles. The Morgan fingerprint density at radius 3 is 2.45 bits per heavy atom. The van der Waals surface area contributed by atoms with Crippen LogP contribution in [0.2, 0.25) is 0 Å². The minimum atomic E-state index is 0.120. The van der Waals surface area contributed by atoms with E-state index >= 15 is 0 Å². The summed E-state index contributed by atoms with van der Waals surface area (Å²) >= 11 is 1.80. The Morgan fingerprint density at radius 2 is 1.77 bits per heavy atom. The van der Waals surface area contributed by atoms with Crippen LogP contribution >= 0.6 is 11.3 Å². The third-order valence-corrected chi connectivity index (χ3v) is 7.54. The first-order chi connectivity index (χ1) is 15.3. The SMILES string of the molecule is COc1ccc(N2CCN([C@@H](c3cccs3)c3nnnn3C3CCCCC3)CC2)cc1. The second kappa shape index (κ2) is 9.36. The molecule has 0 unspecified atom stereocenters. The molecule has 0 spiro atoms. The number of ether oxygens (including phenoxy) is 1. The summed E-state index contributed by atoms with van der Waals surface area (Å²) in [6, 6.07) is 13.3. The number of methoxy groups -OCH3 is 1. The number of piperazine rings is 1. The van der Waals surface area contributed by atoms with Crippen molar-refractivity contribution in [3.63, 3.8) is 0 Å². The zero-order chi connectivity index (χ0) is 21.0. The van der Waals surface area contributed by atoms with Crippen LogP contribution in [0.25, 0.3) is 0 Å². The molecule has 2 aromatic heterocycles. The number of thiophene rings is 1. The van der Waals surface area contributed by atoms with Crippen molar-refractivity contribution in [3.05, 3.63) is 52.5 Å². The zero-order valence-electron chi connectivity index (χ0n) is 18.1. The van der Waals surface area contributed by atoms with Crippen LogP contribution in [0.4, 0.5) is 5.69 Å². The van der Waals surface area contributed by atoms with Crippen LogP contribution in [0.5, 0.6) is 5.75 Å². The quantitative estimate of drug-likeness (QED) is 0.576. The molecular formula is C23H30N6OS. The average Bonchev–Trinajstić information content (AvgIpc) is 3.54. The molecule has 31 heavy (non-hydrogen) atoms. The van der Waals surface area contributed by atoms with E-state index in [1.165, 1.54) is 42.7 Å². The van der Waals surface area contributed by atoms with Crippen molar-refractivity contribution in [1.29, 1.82) is 0 Å². The van der Waals surface area contributed by atoms with Gasteiger partial charge < -0.3 is 9.64 Å². The van der Waals surface area contributed by atoms with Crippen LogP contribution in [0.3, 0.4) is 0 Å². The predicted molar refractivity (Wildman–Crippen MR) is 123 cm³/mol. The molecule has 1 aliphatic carbocycles. The third kappa shape index (κ3) is 4.32. The zero-order valence-corrected chi connectivity index (χ0v) is 18.9. The van der Waals surface area contributed by atoms with Gasteiger partial charge >= 0.3 is 0 Å². The maximum Gasteiger partial charge on any atom is 0.174 e. The molecule has 8 heteroatoms. The fraction of sp³-hybridized carbons (Fsp3) is 0.522. The molecule has 0 amide bonds. The van der Waals surface area contributed by atoms with Crippen molar-refractivity contribution in [2.75, 3.05) is 38.2 Å². The molecule has 2 aliphatic rings. The standard InChI is InChI=1S/C23H30N6OS/c1-30-20-11-9-18(10-12-20)27-13-15-28(16-14-27)22(21-8-5-17-31-21)23-24-25-26-29(23)19-6-3-2-4-7-19/h5,8-12,17,19,22H,2-4,6-7,13-16H2,1H3/t22-/m0/s1. The fourth-order valence-electron chi connectivity index (χ4n) is 4.91. The van der Waals surface area contributed by atoms with Gasteiger partial charge in [-0.2, -0.15) is 0 Å². The van der Waals surface area contributed by atoms with Crippen LogP contribution in [0, 0.1) is 0 Å². The van der Waals surface area contributed by atoms with E-state index < -0.39 is 0 Å². The van der Waals surface area contributed by atoms with Gasteiger partial charge in [-0.25, -0.2) is 4.68 Å². The number of nitrogens with zero attached hydrogens (tertiary/aromatic N) is 6. The maximum atomic E-state index is 5.30. The Balaban J connectivity index is 1.36. The van der Waals surface area contributed by atoms with Gasteiger partial charge in [0.1, 0.15) is 11.8 Å². The van der Waals surface area contributed by atoms with Gasteiger partial charge in [0.05, 0.1) is 13.2 Å². The van der Waals surface area contributed by atoms with Crippen molar-refractivity contribution in [2.24, 2.45) is 0 Å². The third-order valence-electron chi connectivity index (χ3n) is 6.61. The van der Waals surface area contributed by atoms with E-state index in [0.29, 0.717) is 6.04 Å². The minimum Gasteiger partial charge on any atom is -0.497 e. The summed E-state index contributed by atoms with van der Waals surface area (Å²) in [7, 11) is 1.71. The van der Waals surface area contributed by atoms with Crippen LogP contribution in [0.15, 0.2) is 41.8 Å². The average molecular weight is 439 g/mol. The van der Waals surface area contributed by atoms with Crippen LogP contribution < -0.4 is 9.64 Å². The lowest BCUT2D eigenvalue weighted by atomic mass is 9.95. The molecule has 0 bridgehead atoms. The summed E-state index contributed by atoms with van der Waals surface area (Å²) in [5.41, 5.74) is 1.25. The molecule has 0 radical (unpaired) electrons. The van der Waals surface area contributed by atoms with E-state index in [1.54, 1.807) is 18.4 Å². The molecule has 3 aromatic rings. The number of rotatable bonds is 6. The number of aromatic nitrogens is 4. The minimum absolute atomic E-state index is 0.120. The van der Waals surface area contributed by atoms with E-state index in [2.05, 4.69) is 59.7 Å². The van der Waals surface area contributed by atoms with Crippen molar-refractivity contribution in [1.82, 2.24) is 25.1 Å². The first-order valence-electron chi connectivity index (χ1n) is 11.3. The van der Waals surface area contributed by atoms with Gasteiger partial charge in [-0.05, 0) is 59.0 Å². The predicted octanol–water partition coefficient (Wildman–Crippen LogP) is 4.16. The summed E-state index contributed by atoms with van der Waals surface area (Å²) < 4.78 is 7.44. The Bertz CT molecular complexity index is 943. The lowest BCUT2D eigenvalue weighted by molar-refractivity contribution is 0.196. The summed E-state index contributed by atoms with van der Waals surface area (Å²) in [4.78, 5) is 6.33. The van der Waals surface area contributed by atoms with Gasteiger partial charge in [0, 0.05) is 36.7 Å². The summed E-state index contributed by atoms with van der Waals surface area (Å²) in [5.74, 6) is 1.90. The van der Waals surface area contributed by atoms with E-state index in [9.17, 15) is 0 Å². The van der Waals surface area contributed by atoms with Gasteiger partial charge in [0.15, 0.2) is 5.82 Å². The van der Waals surface area contributed by atoms with Crippen molar-refractivity contribution in [3.8, 4) is 5.75 Å². The van der Waals surface area contributed by atoms with E-state index in [4.69, 9.17) is 4.74 Å². The molecule has 1 aromatic carbocycles. The molecule has 1 saturated carbocycles. The van der Waals surface area contributed by atoms with Crippen LogP contribution in [-0.4, -0.2) is 58.4 Å². The molecule has 2 fully saturated rings. The molecular weight excluding hydrogens is 408 g/mol. The molecule has 0 N–H and O–H groups in total. The molecule has 164 valence electrons. The Morgan fingerprint density at radius 1 is 1.00 bits per heavy atom. The van der Waals surface area contributed by atoms with Gasteiger partial charge in [-0.15, -0.1) is 16.4 Å². The highest BCUT2D eigenvalue weighted by Crippen LogP contribution is 2.35. The number of hydrogen-bond acceptors (Lipinski definition) is 7. The Labute approximate surface area is 187 Å². The second-order valence-corrected chi connectivity index (χ2v) is 9.39. The highest BCUT2D eigenvalue weighted by molar-refractivity contribution is 7.10. The van der Waals surface area contributed by atoms with E-state index in [1.807, 2.05) is 12.1 Å². The largest absolute Gasteiger partial charge is 0.497 e. The highest BCUT2D eigenvalue weighted by Gasteiger charge is 2.33. The lowest BCUT2D eigenvalue weighted by Gasteiger charge is -2.39. The van der Waals surface area contributed by atoms with Crippen molar-refractivity contribution >= 4 is 17.0 Å². The van der Waals surface area contributed by atoms with Gasteiger partial charge in [-0.1, -0.05) is 25.3 Å². The van der Waals surface area contributed by atoms with Crippen molar-refractivity contribution in [2.45, 2.75) is 44.2 Å². The normalized spacial score (nSPS) is 19.5. The molecule has 3 heterocycles. The van der Waals surface area contributed by atoms with E-state index in [0.717, 1.165) is 37.8 Å². The number of anilines is 1. The highest BCUT2D eigenvalue weighted by atomic mass is 32.1. The summed E-state index contributed by atoms with van der Waals surface area (Å²) in [6.07, 6.45) is 6.23. The number of tetrazole rings is 1. The molecule has 1 atom stereocenters. The first kappa shape index (κ1) is 20.5.